The molecule has 0 bridgehead atoms. The molecule has 30 heavy (non-hydrogen) atoms. The van der Waals surface area contributed by atoms with Crippen molar-refractivity contribution in [3.05, 3.63) is 92.7 Å². The molecule has 0 spiro atoms. The molecule has 0 fully saturated rings. The topological polar surface area (TPSA) is 77.1 Å². The first-order valence-corrected chi connectivity index (χ1v) is 10.5. The summed E-state index contributed by atoms with van der Waals surface area (Å²) in [5, 5.41) is 20.7. The van der Waals surface area contributed by atoms with Gasteiger partial charge in [-0.05, 0) is 34.7 Å². The number of carbonyl (C=O) groups excluding carboxylic acids is 1. The summed E-state index contributed by atoms with van der Waals surface area (Å²) in [5.74, 6) is -0.309. The van der Waals surface area contributed by atoms with Gasteiger partial charge in [-0.15, -0.1) is 11.3 Å². The molecule has 0 radical (unpaired) electrons. The van der Waals surface area contributed by atoms with Crippen molar-refractivity contribution in [2.24, 2.45) is 0 Å². The highest BCUT2D eigenvalue weighted by atomic mass is 32.1. The van der Waals surface area contributed by atoms with Crippen molar-refractivity contribution in [2.75, 3.05) is 0 Å². The Hall–Kier alpha value is -3.45. The highest BCUT2D eigenvalue weighted by Crippen LogP contribution is 2.30. The number of esters is 1. The van der Waals surface area contributed by atoms with E-state index in [1.54, 1.807) is 35.6 Å². The third kappa shape index (κ3) is 4.11. The van der Waals surface area contributed by atoms with Gasteiger partial charge in [-0.3, -0.25) is 9.69 Å². The van der Waals surface area contributed by atoms with E-state index in [2.05, 4.69) is 23.1 Å². The molecule has 5 nitrogen and oxygen atoms in total. The SMILES string of the molecule is N#Cc1ccccc1COC(=O)C1Cc2sccc2CN1Cc1ccccc1C#N. The second-order valence-corrected chi connectivity index (χ2v) is 8.14. The Morgan fingerprint density at radius 2 is 1.70 bits per heavy atom. The number of nitrogens with zero attached hydrogens (tertiary/aromatic N) is 3. The van der Waals surface area contributed by atoms with Gasteiger partial charge in [0, 0.05) is 30.0 Å². The largest absolute Gasteiger partial charge is 0.460 e. The van der Waals surface area contributed by atoms with Crippen molar-refractivity contribution >= 4 is 17.3 Å². The van der Waals surface area contributed by atoms with E-state index >= 15 is 0 Å². The van der Waals surface area contributed by atoms with Crippen LogP contribution in [0.25, 0.3) is 0 Å². The summed E-state index contributed by atoms with van der Waals surface area (Å²) < 4.78 is 5.63. The molecule has 4 rings (SSSR count). The average molecular weight is 414 g/mol. The molecule has 1 aromatic heterocycles. The maximum Gasteiger partial charge on any atom is 0.324 e. The second-order valence-electron chi connectivity index (χ2n) is 7.14. The lowest BCUT2D eigenvalue weighted by Gasteiger charge is -2.34. The highest BCUT2D eigenvalue weighted by Gasteiger charge is 2.33. The molecule has 0 saturated carbocycles. The molecular weight excluding hydrogens is 394 g/mol. The van der Waals surface area contributed by atoms with Crippen LogP contribution in [0, 0.1) is 22.7 Å². The summed E-state index contributed by atoms with van der Waals surface area (Å²) >= 11 is 1.65. The summed E-state index contributed by atoms with van der Waals surface area (Å²) in [6.45, 7) is 1.19. The van der Waals surface area contributed by atoms with Gasteiger partial charge in [0.15, 0.2) is 0 Å². The van der Waals surface area contributed by atoms with Crippen LogP contribution in [-0.2, 0) is 35.6 Å². The molecule has 1 aliphatic rings. The Morgan fingerprint density at radius 3 is 2.43 bits per heavy atom. The number of thiophene rings is 1. The molecule has 6 heteroatoms. The average Bonchev–Trinajstić information content (AvgIpc) is 3.25. The predicted octanol–water partition coefficient (Wildman–Crippen LogP) is 4.16. The normalized spacial score (nSPS) is 15.6. The van der Waals surface area contributed by atoms with E-state index in [1.807, 2.05) is 29.6 Å². The summed E-state index contributed by atoms with van der Waals surface area (Å²) in [7, 11) is 0. The maximum absolute atomic E-state index is 13.1. The second kappa shape index (κ2) is 8.92. The quantitative estimate of drug-likeness (QED) is 0.587. The summed E-state index contributed by atoms with van der Waals surface area (Å²) in [5.41, 5.74) is 3.93. The first-order chi connectivity index (χ1) is 14.7. The van der Waals surface area contributed by atoms with E-state index in [0.717, 1.165) is 5.56 Å². The van der Waals surface area contributed by atoms with Crippen LogP contribution >= 0.6 is 11.3 Å². The fraction of sp³-hybridized carbons (Fsp3) is 0.208. The molecule has 0 saturated heterocycles. The number of fused-ring (bicyclic) bond motifs is 1. The number of hydrogen-bond donors (Lipinski definition) is 0. The summed E-state index contributed by atoms with van der Waals surface area (Å²) in [6.07, 6.45) is 0.584. The lowest BCUT2D eigenvalue weighted by atomic mass is 9.99. The zero-order valence-corrected chi connectivity index (χ0v) is 17.1. The Kier molecular flexibility index (Phi) is 5.90. The number of rotatable bonds is 5. The van der Waals surface area contributed by atoms with Crippen molar-refractivity contribution in [3.8, 4) is 12.1 Å². The fourth-order valence-corrected chi connectivity index (χ4v) is 4.64. The van der Waals surface area contributed by atoms with Crippen LogP contribution in [-0.4, -0.2) is 16.9 Å². The third-order valence-electron chi connectivity index (χ3n) is 5.32. The Morgan fingerprint density at radius 1 is 1.03 bits per heavy atom. The lowest BCUT2D eigenvalue weighted by Crippen LogP contribution is -2.45. The van der Waals surface area contributed by atoms with Gasteiger partial charge in [0.05, 0.1) is 23.3 Å². The van der Waals surface area contributed by atoms with Crippen LogP contribution in [0.3, 0.4) is 0 Å². The number of carbonyl (C=O) groups is 1. The van der Waals surface area contributed by atoms with E-state index < -0.39 is 6.04 Å². The molecule has 0 aliphatic carbocycles. The number of benzene rings is 2. The minimum atomic E-state index is -0.433. The predicted molar refractivity (Wildman–Crippen MR) is 113 cm³/mol. The van der Waals surface area contributed by atoms with Gasteiger partial charge < -0.3 is 4.74 Å². The van der Waals surface area contributed by atoms with Crippen LogP contribution in [0.2, 0.25) is 0 Å². The van der Waals surface area contributed by atoms with Crippen LogP contribution in [0.5, 0.6) is 0 Å². The van der Waals surface area contributed by atoms with Crippen molar-refractivity contribution in [1.29, 1.82) is 10.5 Å². The van der Waals surface area contributed by atoms with Crippen molar-refractivity contribution in [1.82, 2.24) is 4.90 Å². The zero-order valence-electron chi connectivity index (χ0n) is 16.2. The zero-order chi connectivity index (χ0) is 20.9. The summed E-state index contributed by atoms with van der Waals surface area (Å²) in [6, 6.07) is 20.6. The number of hydrogen-bond acceptors (Lipinski definition) is 6. The van der Waals surface area contributed by atoms with E-state index in [0.29, 0.717) is 36.2 Å². The third-order valence-corrected chi connectivity index (χ3v) is 6.31. The van der Waals surface area contributed by atoms with Crippen LogP contribution in [0.1, 0.15) is 32.7 Å². The molecule has 2 aromatic carbocycles. The lowest BCUT2D eigenvalue weighted by molar-refractivity contribution is -0.152. The Balaban J connectivity index is 1.55. The van der Waals surface area contributed by atoms with E-state index in [1.165, 1.54) is 10.4 Å². The van der Waals surface area contributed by atoms with Gasteiger partial charge >= 0.3 is 5.97 Å². The fourth-order valence-electron chi connectivity index (χ4n) is 3.71. The standard InChI is InChI=1S/C24H19N3O2S/c25-12-17-5-1-3-7-19(17)14-27-15-20-9-10-30-23(20)11-22(27)24(28)29-16-21-8-4-2-6-18(21)13-26/h1-10,22H,11,14-16H2. The maximum atomic E-state index is 13.1. The van der Waals surface area contributed by atoms with E-state index in [4.69, 9.17) is 4.74 Å². The van der Waals surface area contributed by atoms with Crippen LogP contribution in [0.15, 0.2) is 60.0 Å². The monoisotopic (exact) mass is 413 g/mol. The minimum Gasteiger partial charge on any atom is -0.460 e. The van der Waals surface area contributed by atoms with Gasteiger partial charge in [-0.25, -0.2) is 0 Å². The van der Waals surface area contributed by atoms with Gasteiger partial charge in [0.25, 0.3) is 0 Å². The molecule has 148 valence electrons. The summed E-state index contributed by atoms with van der Waals surface area (Å²) in [4.78, 5) is 16.3. The number of nitriles is 2. The highest BCUT2D eigenvalue weighted by molar-refractivity contribution is 7.10. The molecular formula is C24H19N3O2S. The molecule has 1 atom stereocenters. The van der Waals surface area contributed by atoms with Crippen molar-refractivity contribution < 1.29 is 9.53 Å². The van der Waals surface area contributed by atoms with Gasteiger partial charge in [0.1, 0.15) is 12.6 Å². The van der Waals surface area contributed by atoms with E-state index in [-0.39, 0.29) is 12.6 Å². The Labute approximate surface area is 179 Å². The molecule has 0 amide bonds. The van der Waals surface area contributed by atoms with Crippen molar-refractivity contribution in [2.45, 2.75) is 32.2 Å². The van der Waals surface area contributed by atoms with E-state index in [9.17, 15) is 15.3 Å². The smallest absolute Gasteiger partial charge is 0.324 e. The molecule has 1 aliphatic heterocycles. The molecule has 3 aromatic rings. The first kappa shape index (κ1) is 19.8. The minimum absolute atomic E-state index is 0.0684. The van der Waals surface area contributed by atoms with Crippen LogP contribution in [0.4, 0.5) is 0 Å². The first-order valence-electron chi connectivity index (χ1n) is 9.61. The van der Waals surface area contributed by atoms with Gasteiger partial charge in [0.2, 0.25) is 0 Å². The number of ether oxygens (including phenoxy) is 1. The molecule has 1 unspecified atom stereocenters. The Bertz CT molecular complexity index is 1160. The van der Waals surface area contributed by atoms with Crippen molar-refractivity contribution in [3.63, 3.8) is 0 Å². The van der Waals surface area contributed by atoms with Crippen LogP contribution < -0.4 is 0 Å². The van der Waals surface area contributed by atoms with Gasteiger partial charge in [-0.2, -0.15) is 10.5 Å². The van der Waals surface area contributed by atoms with Gasteiger partial charge in [-0.1, -0.05) is 36.4 Å². The molecule has 0 N–H and O–H groups in total. The molecule has 2 heterocycles.